The van der Waals surface area contributed by atoms with E-state index >= 15 is 0 Å². The zero-order valence-electron chi connectivity index (χ0n) is 16.1. The molecule has 1 N–H and O–H groups in total. The standard InChI is InChI=1S/C23H17Cl2NO4S/c24-18-8-9-22-17(13-18)10-11-26(22)31(29,30)20-3-1-2-15(12-20)4-5-16-6-7-19(25)14-21(16)23(27)28/h1-9,12-14H,10-11H2,(H,27,28). The highest BCUT2D eigenvalue weighted by Gasteiger charge is 2.30. The molecular weight excluding hydrogens is 457 g/mol. The van der Waals surface area contributed by atoms with Crippen LogP contribution >= 0.6 is 23.2 Å². The Labute approximate surface area is 190 Å². The third-order valence-electron chi connectivity index (χ3n) is 5.04. The molecule has 3 aromatic carbocycles. The SMILES string of the molecule is O=C(O)c1cc(Cl)ccc1C=Cc1cccc(S(=O)(=O)N2CCc3cc(Cl)ccc32)c1. The molecule has 0 aliphatic carbocycles. The van der Waals surface area contributed by atoms with Crippen LogP contribution in [-0.2, 0) is 16.4 Å². The van der Waals surface area contributed by atoms with Gasteiger partial charge in [0.25, 0.3) is 10.0 Å². The minimum absolute atomic E-state index is 0.0693. The van der Waals surface area contributed by atoms with Crippen LogP contribution in [0.3, 0.4) is 0 Å². The first-order chi connectivity index (χ1) is 14.8. The second-order valence-electron chi connectivity index (χ2n) is 7.04. The van der Waals surface area contributed by atoms with Gasteiger partial charge in [0, 0.05) is 16.6 Å². The lowest BCUT2D eigenvalue weighted by Crippen LogP contribution is -2.29. The number of hydrogen-bond acceptors (Lipinski definition) is 3. The molecule has 0 radical (unpaired) electrons. The average molecular weight is 474 g/mol. The van der Waals surface area contributed by atoms with Crippen LogP contribution < -0.4 is 4.31 Å². The van der Waals surface area contributed by atoms with Gasteiger partial charge in [-0.3, -0.25) is 4.31 Å². The smallest absolute Gasteiger partial charge is 0.336 e. The number of carboxylic acids is 1. The number of aromatic carboxylic acids is 1. The number of halogens is 2. The summed E-state index contributed by atoms with van der Waals surface area (Å²) < 4.78 is 27.9. The molecule has 0 atom stereocenters. The van der Waals surface area contributed by atoms with E-state index < -0.39 is 16.0 Å². The number of fused-ring (bicyclic) bond motifs is 1. The molecule has 5 nitrogen and oxygen atoms in total. The normalized spacial score (nSPS) is 13.5. The van der Waals surface area contributed by atoms with Crippen LogP contribution in [0.25, 0.3) is 12.2 Å². The highest BCUT2D eigenvalue weighted by atomic mass is 35.5. The topological polar surface area (TPSA) is 74.7 Å². The predicted molar refractivity (Wildman–Crippen MR) is 123 cm³/mol. The minimum atomic E-state index is -3.75. The van der Waals surface area contributed by atoms with Crippen molar-refractivity contribution in [3.8, 4) is 0 Å². The quantitative estimate of drug-likeness (QED) is 0.488. The van der Waals surface area contributed by atoms with Crippen LogP contribution in [0.5, 0.6) is 0 Å². The Morgan fingerprint density at radius 1 is 0.968 bits per heavy atom. The molecule has 0 aromatic heterocycles. The number of anilines is 1. The Morgan fingerprint density at radius 3 is 2.48 bits per heavy atom. The number of benzene rings is 3. The molecule has 0 bridgehead atoms. The van der Waals surface area contributed by atoms with Crippen molar-refractivity contribution in [2.75, 3.05) is 10.8 Å². The maximum absolute atomic E-state index is 13.3. The zero-order valence-corrected chi connectivity index (χ0v) is 18.5. The van der Waals surface area contributed by atoms with Crippen molar-refractivity contribution in [3.63, 3.8) is 0 Å². The van der Waals surface area contributed by atoms with Crippen LogP contribution in [0, 0.1) is 0 Å². The number of carboxylic acid groups (broad SMARTS) is 1. The van der Waals surface area contributed by atoms with Gasteiger partial charge >= 0.3 is 5.97 Å². The van der Waals surface area contributed by atoms with E-state index in [0.717, 1.165) is 5.56 Å². The molecule has 4 rings (SSSR count). The summed E-state index contributed by atoms with van der Waals surface area (Å²) in [5.41, 5.74) is 2.70. The fourth-order valence-electron chi connectivity index (χ4n) is 3.54. The Balaban J connectivity index is 1.66. The van der Waals surface area contributed by atoms with Crippen molar-refractivity contribution in [1.82, 2.24) is 0 Å². The van der Waals surface area contributed by atoms with Crippen LogP contribution in [0.1, 0.15) is 27.0 Å². The first-order valence-electron chi connectivity index (χ1n) is 9.38. The van der Waals surface area contributed by atoms with Crippen LogP contribution in [-0.4, -0.2) is 26.0 Å². The molecule has 31 heavy (non-hydrogen) atoms. The maximum atomic E-state index is 13.3. The van der Waals surface area contributed by atoms with E-state index in [1.54, 1.807) is 66.7 Å². The minimum Gasteiger partial charge on any atom is -0.478 e. The van der Waals surface area contributed by atoms with Gasteiger partial charge in [0.15, 0.2) is 0 Å². The van der Waals surface area contributed by atoms with Crippen molar-refractivity contribution in [2.24, 2.45) is 0 Å². The Kier molecular flexibility index (Phi) is 5.79. The van der Waals surface area contributed by atoms with E-state index in [1.807, 2.05) is 0 Å². The monoisotopic (exact) mass is 473 g/mol. The Morgan fingerprint density at radius 2 is 1.71 bits per heavy atom. The number of carbonyl (C=O) groups is 1. The van der Waals surface area contributed by atoms with E-state index in [1.165, 1.54) is 10.4 Å². The summed E-state index contributed by atoms with van der Waals surface area (Å²) in [6.45, 7) is 0.352. The fraction of sp³-hybridized carbons (Fsp3) is 0.0870. The summed E-state index contributed by atoms with van der Waals surface area (Å²) >= 11 is 11.9. The molecule has 1 heterocycles. The van der Waals surface area contributed by atoms with E-state index in [0.29, 0.717) is 39.8 Å². The summed E-state index contributed by atoms with van der Waals surface area (Å²) in [7, 11) is -3.75. The lowest BCUT2D eigenvalue weighted by Gasteiger charge is -2.20. The Bertz CT molecular complexity index is 1320. The van der Waals surface area contributed by atoms with Gasteiger partial charge < -0.3 is 5.11 Å². The van der Waals surface area contributed by atoms with Crippen LogP contribution in [0.2, 0.25) is 10.0 Å². The van der Waals surface area contributed by atoms with E-state index in [9.17, 15) is 18.3 Å². The number of rotatable bonds is 5. The molecule has 0 saturated heterocycles. The second kappa shape index (κ2) is 8.38. The van der Waals surface area contributed by atoms with E-state index in [-0.39, 0.29) is 10.5 Å². The number of sulfonamides is 1. The lowest BCUT2D eigenvalue weighted by atomic mass is 10.1. The third-order valence-corrected chi connectivity index (χ3v) is 7.32. The summed E-state index contributed by atoms with van der Waals surface area (Å²) in [4.78, 5) is 11.6. The molecule has 1 aliphatic heterocycles. The molecule has 3 aromatic rings. The predicted octanol–water partition coefficient (Wildman–Crippen LogP) is 5.61. The van der Waals surface area contributed by atoms with E-state index in [2.05, 4.69) is 0 Å². The zero-order chi connectivity index (χ0) is 22.2. The van der Waals surface area contributed by atoms with Gasteiger partial charge in [-0.25, -0.2) is 13.2 Å². The van der Waals surface area contributed by atoms with Crippen molar-refractivity contribution < 1.29 is 18.3 Å². The molecule has 158 valence electrons. The summed E-state index contributed by atoms with van der Waals surface area (Å²) in [5.74, 6) is -1.09. The van der Waals surface area contributed by atoms with Gasteiger partial charge in [-0.2, -0.15) is 0 Å². The van der Waals surface area contributed by atoms with Crippen LogP contribution in [0.4, 0.5) is 5.69 Å². The third kappa shape index (κ3) is 4.32. The molecule has 1 aliphatic rings. The maximum Gasteiger partial charge on any atom is 0.336 e. The van der Waals surface area contributed by atoms with Gasteiger partial charge in [-0.1, -0.05) is 53.6 Å². The molecule has 0 saturated carbocycles. The number of nitrogens with zero attached hydrogens (tertiary/aromatic N) is 1. The summed E-state index contributed by atoms with van der Waals surface area (Å²) in [5, 5.41) is 10.3. The van der Waals surface area contributed by atoms with Gasteiger partial charge in [-0.05, 0) is 65.6 Å². The van der Waals surface area contributed by atoms with Gasteiger partial charge in [-0.15, -0.1) is 0 Å². The summed E-state index contributed by atoms with van der Waals surface area (Å²) in [6.07, 6.45) is 3.90. The van der Waals surface area contributed by atoms with Gasteiger partial charge in [0.05, 0.1) is 16.1 Å². The van der Waals surface area contributed by atoms with Gasteiger partial charge in [0.2, 0.25) is 0 Å². The molecular formula is C23H17Cl2NO4S. The number of hydrogen-bond donors (Lipinski definition) is 1. The molecule has 8 heteroatoms. The Hall–Kier alpha value is -2.80. The first-order valence-corrected chi connectivity index (χ1v) is 11.6. The first kappa shape index (κ1) is 21.4. The summed E-state index contributed by atoms with van der Waals surface area (Å²) in [6, 6.07) is 16.3. The van der Waals surface area contributed by atoms with Gasteiger partial charge in [0.1, 0.15) is 0 Å². The van der Waals surface area contributed by atoms with E-state index in [4.69, 9.17) is 23.2 Å². The fourth-order valence-corrected chi connectivity index (χ4v) is 5.47. The van der Waals surface area contributed by atoms with Crippen molar-refractivity contribution in [3.05, 3.63) is 93.0 Å². The molecule has 0 unspecified atom stereocenters. The lowest BCUT2D eigenvalue weighted by molar-refractivity contribution is 0.0696. The second-order valence-corrected chi connectivity index (χ2v) is 9.78. The molecule has 0 spiro atoms. The average Bonchev–Trinajstić information content (AvgIpc) is 3.16. The van der Waals surface area contributed by atoms with Crippen LogP contribution in [0.15, 0.2) is 65.6 Å². The van der Waals surface area contributed by atoms with Crippen molar-refractivity contribution in [1.29, 1.82) is 0 Å². The van der Waals surface area contributed by atoms with Crippen molar-refractivity contribution in [2.45, 2.75) is 11.3 Å². The largest absolute Gasteiger partial charge is 0.478 e. The van der Waals surface area contributed by atoms with Crippen molar-refractivity contribution >= 4 is 57.0 Å². The highest BCUT2D eigenvalue weighted by Crippen LogP contribution is 2.34. The molecule has 0 amide bonds. The molecule has 0 fully saturated rings. The highest BCUT2D eigenvalue weighted by molar-refractivity contribution is 7.92.